The average molecular weight is 519 g/mol. The van der Waals surface area contributed by atoms with Gasteiger partial charge in [-0.05, 0) is 42.7 Å². The molecular weight excluding hydrogens is 484 g/mol. The molecule has 2 saturated heterocycles. The molecular formula is C33H34N4O2. The zero-order chi connectivity index (χ0) is 26.7. The molecule has 198 valence electrons. The number of nitriles is 1. The highest BCUT2D eigenvalue weighted by Gasteiger charge is 2.41. The van der Waals surface area contributed by atoms with Crippen LogP contribution in [0.25, 0.3) is 10.9 Å². The lowest BCUT2D eigenvalue weighted by atomic mass is 9.70. The molecule has 4 aliphatic rings. The van der Waals surface area contributed by atoms with Crippen LogP contribution in [0.5, 0.6) is 0 Å². The van der Waals surface area contributed by atoms with E-state index in [9.17, 15) is 10.1 Å². The van der Waals surface area contributed by atoms with Crippen LogP contribution in [0, 0.1) is 29.1 Å². The molecule has 7 rings (SSSR count). The summed E-state index contributed by atoms with van der Waals surface area (Å²) >= 11 is 0. The van der Waals surface area contributed by atoms with E-state index in [0.29, 0.717) is 17.5 Å². The van der Waals surface area contributed by atoms with Crippen LogP contribution >= 0.6 is 0 Å². The maximum Gasteiger partial charge on any atom is 0.195 e. The predicted octanol–water partition coefficient (Wildman–Crippen LogP) is 4.97. The minimum atomic E-state index is -0.401. The highest BCUT2D eigenvalue weighted by Crippen LogP contribution is 2.45. The molecule has 1 N–H and O–H groups in total. The number of ketones is 1. The van der Waals surface area contributed by atoms with Crippen LogP contribution in [0.3, 0.4) is 0 Å². The second-order valence-corrected chi connectivity index (χ2v) is 12.1. The van der Waals surface area contributed by atoms with Crippen molar-refractivity contribution < 1.29 is 9.53 Å². The molecule has 2 aromatic carbocycles. The number of nitrogens with zero attached hydrogens (tertiary/aromatic N) is 3. The number of aromatic nitrogens is 1. The molecule has 0 atom stereocenters. The normalized spacial score (nSPS) is 21.2. The molecule has 0 bridgehead atoms. The van der Waals surface area contributed by atoms with Crippen LogP contribution in [0.4, 0.5) is 5.69 Å². The average Bonchev–Trinajstić information content (AvgIpc) is 3.58. The Kier molecular flexibility index (Phi) is 5.81. The topological polar surface area (TPSA) is 72.4 Å². The Morgan fingerprint density at radius 3 is 2.51 bits per heavy atom. The Balaban J connectivity index is 1.33. The summed E-state index contributed by atoms with van der Waals surface area (Å²) in [5.41, 5.74) is 6.60. The van der Waals surface area contributed by atoms with Gasteiger partial charge in [0, 0.05) is 65.2 Å². The van der Waals surface area contributed by atoms with Crippen LogP contribution in [-0.4, -0.2) is 61.1 Å². The fraction of sp³-hybridized carbons (Fsp3) is 0.455. The maximum absolute atomic E-state index is 14.1. The molecule has 3 heterocycles. The molecule has 39 heavy (non-hydrogen) atoms. The van der Waals surface area contributed by atoms with Gasteiger partial charge in [-0.2, -0.15) is 5.26 Å². The largest absolute Gasteiger partial charge is 0.378 e. The van der Waals surface area contributed by atoms with Gasteiger partial charge in [-0.15, -0.1) is 0 Å². The van der Waals surface area contributed by atoms with Crippen molar-refractivity contribution in [2.75, 3.05) is 44.3 Å². The minimum absolute atomic E-state index is 0.0422. The van der Waals surface area contributed by atoms with E-state index in [0.717, 1.165) is 83.9 Å². The Bertz CT molecular complexity index is 1580. The number of carbonyl (C=O) groups excluding carboxylic acids is 1. The number of fused-ring (bicyclic) bond motifs is 4. The van der Waals surface area contributed by atoms with Crippen LogP contribution < -0.4 is 4.90 Å². The second-order valence-electron chi connectivity index (χ2n) is 12.1. The number of aromatic amines is 1. The summed E-state index contributed by atoms with van der Waals surface area (Å²) in [4.78, 5) is 22.7. The number of piperazine rings is 1. The molecule has 2 aliphatic heterocycles. The predicted molar refractivity (Wildman–Crippen MR) is 152 cm³/mol. The highest BCUT2D eigenvalue weighted by molar-refractivity contribution is 6.20. The van der Waals surface area contributed by atoms with Crippen molar-refractivity contribution in [2.45, 2.75) is 51.0 Å². The molecule has 6 nitrogen and oxygen atoms in total. The first kappa shape index (κ1) is 24.5. The summed E-state index contributed by atoms with van der Waals surface area (Å²) in [6.07, 6.45) is 4.86. The summed E-state index contributed by atoms with van der Waals surface area (Å²) in [6, 6.07) is 12.6. The molecule has 0 spiro atoms. The summed E-state index contributed by atoms with van der Waals surface area (Å²) < 4.78 is 5.43. The van der Waals surface area contributed by atoms with Crippen LogP contribution in [0.2, 0.25) is 0 Å². The first-order valence-corrected chi connectivity index (χ1v) is 14.3. The van der Waals surface area contributed by atoms with Gasteiger partial charge in [-0.25, -0.2) is 0 Å². The van der Waals surface area contributed by atoms with Crippen LogP contribution in [-0.2, 0) is 10.2 Å². The third-order valence-corrected chi connectivity index (χ3v) is 9.39. The fourth-order valence-electron chi connectivity index (χ4n) is 6.91. The molecule has 6 heteroatoms. The summed E-state index contributed by atoms with van der Waals surface area (Å²) in [5, 5.41) is 10.3. The molecule has 0 amide bonds. The molecule has 1 aromatic heterocycles. The van der Waals surface area contributed by atoms with Crippen molar-refractivity contribution >= 4 is 22.4 Å². The summed E-state index contributed by atoms with van der Waals surface area (Å²) in [5.74, 6) is 7.62. The van der Waals surface area contributed by atoms with Crippen LogP contribution in [0.15, 0.2) is 30.3 Å². The van der Waals surface area contributed by atoms with Crippen molar-refractivity contribution in [2.24, 2.45) is 5.92 Å². The molecule has 0 unspecified atom stereocenters. The number of hydrogen-bond acceptors (Lipinski definition) is 5. The third kappa shape index (κ3) is 3.97. The number of rotatable bonds is 2. The zero-order valence-corrected chi connectivity index (χ0v) is 22.8. The molecule has 3 aromatic rings. The highest BCUT2D eigenvalue weighted by atomic mass is 16.5. The number of benzene rings is 2. The van der Waals surface area contributed by atoms with Crippen molar-refractivity contribution in [3.8, 4) is 17.9 Å². The molecule has 3 fully saturated rings. The first-order valence-electron chi connectivity index (χ1n) is 14.3. The van der Waals surface area contributed by atoms with E-state index in [1.54, 1.807) is 6.07 Å². The number of hydrogen-bond donors (Lipinski definition) is 1. The van der Waals surface area contributed by atoms with Crippen molar-refractivity contribution in [1.29, 1.82) is 5.26 Å². The molecule has 2 aliphatic carbocycles. The van der Waals surface area contributed by atoms with Gasteiger partial charge in [0.15, 0.2) is 5.78 Å². The van der Waals surface area contributed by atoms with E-state index in [4.69, 9.17) is 4.74 Å². The maximum atomic E-state index is 14.1. The third-order valence-electron chi connectivity index (χ3n) is 9.39. The van der Waals surface area contributed by atoms with Crippen LogP contribution in [0.1, 0.15) is 77.8 Å². The lowest BCUT2D eigenvalue weighted by Crippen LogP contribution is -2.56. The number of H-pyrrole nitrogens is 1. The van der Waals surface area contributed by atoms with Gasteiger partial charge in [0.05, 0.1) is 42.1 Å². The Hall–Kier alpha value is -3.58. The molecule has 1 saturated carbocycles. The number of anilines is 1. The fourth-order valence-corrected chi connectivity index (χ4v) is 6.91. The van der Waals surface area contributed by atoms with Gasteiger partial charge < -0.3 is 14.6 Å². The minimum Gasteiger partial charge on any atom is -0.378 e. The lowest BCUT2D eigenvalue weighted by molar-refractivity contribution is -0.0660. The first-order chi connectivity index (χ1) is 18.9. The number of ether oxygens (including phenoxy) is 1. The van der Waals surface area contributed by atoms with Gasteiger partial charge in [0.25, 0.3) is 0 Å². The quantitative estimate of drug-likeness (QED) is 0.485. The van der Waals surface area contributed by atoms with E-state index in [2.05, 4.69) is 58.7 Å². The van der Waals surface area contributed by atoms with Gasteiger partial charge in [-0.3, -0.25) is 9.69 Å². The zero-order valence-electron chi connectivity index (χ0n) is 22.8. The summed E-state index contributed by atoms with van der Waals surface area (Å²) in [7, 11) is 0. The summed E-state index contributed by atoms with van der Waals surface area (Å²) in [6.45, 7) is 9.98. The number of nitrogens with one attached hydrogen (secondary N) is 1. The monoisotopic (exact) mass is 518 g/mol. The van der Waals surface area contributed by atoms with Crippen molar-refractivity contribution in [1.82, 2.24) is 9.88 Å². The van der Waals surface area contributed by atoms with Crippen molar-refractivity contribution in [3.63, 3.8) is 0 Å². The van der Waals surface area contributed by atoms with Gasteiger partial charge >= 0.3 is 0 Å². The van der Waals surface area contributed by atoms with E-state index in [1.807, 2.05) is 12.1 Å². The van der Waals surface area contributed by atoms with E-state index < -0.39 is 5.41 Å². The van der Waals surface area contributed by atoms with E-state index in [1.165, 1.54) is 25.7 Å². The van der Waals surface area contributed by atoms with Gasteiger partial charge in [0.1, 0.15) is 0 Å². The number of carbonyl (C=O) groups is 1. The SMILES string of the molecule is CC1(C)c2cc(N3CCN(C4COC4)CC3)c(C#CC3CCCC3)cc2C(=O)c2c1[nH]c1cc(C#N)ccc21. The standard InChI is InChI=1S/C33H34N4O2/c1-33(2)27-17-29(37-13-11-36(12-14-37)24-19-39-20-24)23(9-7-21-5-3-4-6-21)16-26(27)31(38)30-25-10-8-22(18-34)15-28(25)35-32(30)33/h8,10,15-17,21,24,35H,3-6,11-14,19-20H2,1-2H3. The molecule has 0 radical (unpaired) electrons. The second kappa shape index (κ2) is 9.26. The van der Waals surface area contributed by atoms with E-state index in [-0.39, 0.29) is 5.78 Å². The van der Waals surface area contributed by atoms with Gasteiger partial charge in [-0.1, -0.05) is 44.6 Å². The van der Waals surface area contributed by atoms with Crippen molar-refractivity contribution in [3.05, 3.63) is 63.8 Å². The smallest absolute Gasteiger partial charge is 0.195 e. The Labute approximate surface area is 229 Å². The van der Waals surface area contributed by atoms with Gasteiger partial charge in [0.2, 0.25) is 0 Å². The Morgan fingerprint density at radius 2 is 1.82 bits per heavy atom. The lowest BCUT2D eigenvalue weighted by Gasteiger charge is -2.43. The van der Waals surface area contributed by atoms with E-state index >= 15 is 0 Å². The Morgan fingerprint density at radius 1 is 1.05 bits per heavy atom.